The number of aromatic hydroxyl groups is 1. The molecule has 4 aromatic rings. The molecule has 30 heavy (non-hydrogen) atoms. The van der Waals surface area contributed by atoms with Crippen LogP contribution < -0.4 is 10.1 Å². The van der Waals surface area contributed by atoms with Gasteiger partial charge in [-0.3, -0.25) is 10.1 Å². The topological polar surface area (TPSA) is 84.3 Å². The van der Waals surface area contributed by atoms with Gasteiger partial charge in [-0.15, -0.1) is 0 Å². The highest BCUT2D eigenvalue weighted by Crippen LogP contribution is 2.31. The third kappa shape index (κ3) is 4.05. The maximum absolute atomic E-state index is 13.2. The van der Waals surface area contributed by atoms with Crippen LogP contribution in [0.3, 0.4) is 0 Å². The molecule has 4 rings (SSSR count). The molecule has 0 bridgehead atoms. The zero-order chi connectivity index (χ0) is 21.3. The number of nitrogens with zero attached hydrogens (tertiary/aromatic N) is 2. The highest BCUT2D eigenvalue weighted by molar-refractivity contribution is 7.22. The second kappa shape index (κ2) is 8.25. The lowest BCUT2D eigenvalue weighted by Crippen LogP contribution is -2.13. The number of amides is 1. The lowest BCUT2D eigenvalue weighted by atomic mass is 10.0. The third-order valence-corrected chi connectivity index (χ3v) is 5.69. The Bertz CT molecular complexity index is 1260. The Morgan fingerprint density at radius 1 is 1.27 bits per heavy atom. The normalized spacial score (nSPS) is 10.9. The molecule has 0 fully saturated rings. The fourth-order valence-corrected chi connectivity index (χ4v) is 4.10. The fraction of sp³-hybridized carbons (Fsp3) is 0.0952. The summed E-state index contributed by atoms with van der Waals surface area (Å²) in [6.45, 7) is 0. The number of ether oxygens (including phenoxy) is 1. The SMILES string of the molecule is COc1ccnc(C(=O)Nc2nc3ccc(Cc4ccc(F)cc4Cl)cc3s2)c1O. The van der Waals surface area contributed by atoms with Crippen molar-refractivity contribution in [1.29, 1.82) is 0 Å². The predicted molar refractivity (Wildman–Crippen MR) is 114 cm³/mol. The second-order valence-corrected chi connectivity index (χ2v) is 7.84. The molecule has 2 aromatic heterocycles. The van der Waals surface area contributed by atoms with E-state index in [0.29, 0.717) is 22.1 Å². The number of hydrogen-bond donors (Lipinski definition) is 2. The quantitative estimate of drug-likeness (QED) is 0.451. The molecule has 0 saturated heterocycles. The number of aromatic nitrogens is 2. The lowest BCUT2D eigenvalue weighted by Gasteiger charge is -2.06. The minimum Gasteiger partial charge on any atom is -0.503 e. The monoisotopic (exact) mass is 443 g/mol. The van der Waals surface area contributed by atoms with Gasteiger partial charge in [0.2, 0.25) is 0 Å². The van der Waals surface area contributed by atoms with Crippen LogP contribution in [0.5, 0.6) is 11.5 Å². The van der Waals surface area contributed by atoms with Gasteiger partial charge in [-0.2, -0.15) is 0 Å². The first kappa shape index (κ1) is 20.1. The largest absolute Gasteiger partial charge is 0.503 e. The fourth-order valence-electron chi connectivity index (χ4n) is 2.94. The van der Waals surface area contributed by atoms with Crippen LogP contribution in [0.25, 0.3) is 10.2 Å². The number of pyridine rings is 1. The molecule has 0 atom stereocenters. The van der Waals surface area contributed by atoms with Gasteiger partial charge in [0.1, 0.15) is 5.82 Å². The molecule has 0 saturated carbocycles. The van der Waals surface area contributed by atoms with Crippen LogP contribution in [0.4, 0.5) is 9.52 Å². The summed E-state index contributed by atoms with van der Waals surface area (Å²) in [7, 11) is 1.39. The number of halogens is 2. The van der Waals surface area contributed by atoms with Crippen molar-refractivity contribution in [2.75, 3.05) is 12.4 Å². The summed E-state index contributed by atoms with van der Waals surface area (Å²) in [5, 5.41) is 13.5. The number of anilines is 1. The van der Waals surface area contributed by atoms with Crippen LogP contribution >= 0.6 is 22.9 Å². The van der Waals surface area contributed by atoms with Gasteiger partial charge < -0.3 is 9.84 Å². The first-order valence-corrected chi connectivity index (χ1v) is 10.0. The zero-order valence-corrected chi connectivity index (χ0v) is 17.2. The standard InChI is InChI=1S/C21H15ClFN3O3S/c1-29-16-6-7-24-18(19(16)27)20(28)26-21-25-15-5-2-11(9-17(15)30-21)8-12-3-4-13(23)10-14(12)22/h2-7,9-10,27H,8H2,1H3,(H,25,26,28). The number of thiazole rings is 1. The number of carbonyl (C=O) groups excluding carboxylic acids is 1. The highest BCUT2D eigenvalue weighted by atomic mass is 35.5. The van der Waals surface area contributed by atoms with Gasteiger partial charge in [-0.05, 0) is 41.8 Å². The van der Waals surface area contributed by atoms with Crippen LogP contribution in [0.1, 0.15) is 21.6 Å². The molecule has 0 aliphatic rings. The highest BCUT2D eigenvalue weighted by Gasteiger charge is 2.18. The molecule has 0 aliphatic carbocycles. The molecule has 152 valence electrons. The van der Waals surface area contributed by atoms with E-state index in [4.69, 9.17) is 16.3 Å². The molecule has 0 radical (unpaired) electrons. The third-order valence-electron chi connectivity index (χ3n) is 4.41. The number of fused-ring (bicyclic) bond motifs is 1. The van der Waals surface area contributed by atoms with E-state index in [1.54, 1.807) is 6.07 Å². The molecule has 2 N–H and O–H groups in total. The Morgan fingerprint density at radius 3 is 2.87 bits per heavy atom. The minimum atomic E-state index is -0.594. The Balaban J connectivity index is 1.56. The summed E-state index contributed by atoms with van der Waals surface area (Å²) in [6.07, 6.45) is 1.91. The average molecular weight is 444 g/mol. The van der Waals surface area contributed by atoms with Crippen molar-refractivity contribution in [3.05, 3.63) is 76.3 Å². The van der Waals surface area contributed by atoms with E-state index >= 15 is 0 Å². The molecule has 6 nitrogen and oxygen atoms in total. The van der Waals surface area contributed by atoms with E-state index in [1.165, 1.54) is 42.8 Å². The number of hydrogen-bond acceptors (Lipinski definition) is 6. The number of methoxy groups -OCH3 is 1. The molecule has 0 unspecified atom stereocenters. The summed E-state index contributed by atoms with van der Waals surface area (Å²) < 4.78 is 19.1. The Kier molecular flexibility index (Phi) is 5.52. The number of nitrogens with one attached hydrogen (secondary N) is 1. The van der Waals surface area contributed by atoms with Gasteiger partial charge in [-0.1, -0.05) is 35.1 Å². The van der Waals surface area contributed by atoms with Crippen LogP contribution in [-0.4, -0.2) is 28.1 Å². The predicted octanol–water partition coefficient (Wildman–Crippen LogP) is 5.04. The zero-order valence-electron chi connectivity index (χ0n) is 15.6. The molecular weight excluding hydrogens is 429 g/mol. The number of rotatable bonds is 5. The van der Waals surface area contributed by atoms with Gasteiger partial charge in [0.05, 0.1) is 17.3 Å². The van der Waals surface area contributed by atoms with E-state index < -0.39 is 5.91 Å². The van der Waals surface area contributed by atoms with E-state index in [1.807, 2.05) is 18.2 Å². The molecular formula is C21H15ClFN3O3S. The Hall–Kier alpha value is -3.23. The van der Waals surface area contributed by atoms with E-state index in [2.05, 4.69) is 15.3 Å². The maximum Gasteiger partial charge on any atom is 0.280 e. The molecule has 2 heterocycles. The summed E-state index contributed by atoms with van der Waals surface area (Å²) in [6, 6.07) is 11.5. The molecule has 2 aromatic carbocycles. The van der Waals surface area contributed by atoms with Gasteiger partial charge in [0, 0.05) is 17.3 Å². The number of carbonyl (C=O) groups is 1. The maximum atomic E-state index is 13.2. The van der Waals surface area contributed by atoms with Crippen LogP contribution in [0.2, 0.25) is 5.02 Å². The second-order valence-electron chi connectivity index (χ2n) is 6.40. The number of benzene rings is 2. The van der Waals surface area contributed by atoms with Crippen LogP contribution in [-0.2, 0) is 6.42 Å². The van der Waals surface area contributed by atoms with Crippen molar-refractivity contribution < 1.29 is 19.0 Å². The van der Waals surface area contributed by atoms with Crippen molar-refractivity contribution in [3.8, 4) is 11.5 Å². The van der Waals surface area contributed by atoms with Crippen molar-refractivity contribution >= 4 is 44.2 Å². The molecule has 1 amide bonds. The van der Waals surface area contributed by atoms with Gasteiger partial charge >= 0.3 is 0 Å². The smallest absolute Gasteiger partial charge is 0.280 e. The Labute approximate surface area is 179 Å². The van der Waals surface area contributed by atoms with E-state index in [0.717, 1.165) is 15.8 Å². The first-order chi connectivity index (χ1) is 14.4. The first-order valence-electron chi connectivity index (χ1n) is 8.81. The van der Waals surface area contributed by atoms with Crippen molar-refractivity contribution in [1.82, 2.24) is 9.97 Å². The summed E-state index contributed by atoms with van der Waals surface area (Å²) in [4.78, 5) is 20.8. The van der Waals surface area contributed by atoms with Crippen LogP contribution in [0.15, 0.2) is 48.7 Å². The Morgan fingerprint density at radius 2 is 2.10 bits per heavy atom. The van der Waals surface area contributed by atoms with Crippen LogP contribution in [0, 0.1) is 5.82 Å². The minimum absolute atomic E-state index is 0.153. The van der Waals surface area contributed by atoms with Crippen molar-refractivity contribution in [2.24, 2.45) is 0 Å². The van der Waals surface area contributed by atoms with Crippen molar-refractivity contribution in [3.63, 3.8) is 0 Å². The summed E-state index contributed by atoms with van der Waals surface area (Å²) >= 11 is 7.41. The van der Waals surface area contributed by atoms with E-state index in [9.17, 15) is 14.3 Å². The molecule has 0 spiro atoms. The molecule has 0 aliphatic heterocycles. The van der Waals surface area contributed by atoms with Gasteiger partial charge in [-0.25, -0.2) is 14.4 Å². The van der Waals surface area contributed by atoms with Gasteiger partial charge in [0.25, 0.3) is 5.91 Å². The average Bonchev–Trinajstić information content (AvgIpc) is 3.11. The summed E-state index contributed by atoms with van der Waals surface area (Å²) in [5.74, 6) is -1.15. The van der Waals surface area contributed by atoms with Crippen molar-refractivity contribution in [2.45, 2.75) is 6.42 Å². The van der Waals surface area contributed by atoms with E-state index in [-0.39, 0.29) is 23.0 Å². The molecule has 9 heteroatoms. The lowest BCUT2D eigenvalue weighted by molar-refractivity contribution is 0.101. The summed E-state index contributed by atoms with van der Waals surface area (Å²) in [5.41, 5.74) is 2.35. The van der Waals surface area contributed by atoms with Gasteiger partial charge in [0.15, 0.2) is 22.3 Å².